The fourth-order valence-electron chi connectivity index (χ4n) is 5.16. The van der Waals surface area contributed by atoms with Crippen LogP contribution in [0.2, 0.25) is 0 Å². The zero-order chi connectivity index (χ0) is 32.4. The molecule has 2 unspecified atom stereocenters. The molecule has 2 fully saturated rings. The number of aromatic nitrogens is 3. The summed E-state index contributed by atoms with van der Waals surface area (Å²) in [4.78, 5) is 36.5. The molecule has 4 rings (SSSR count). The van der Waals surface area contributed by atoms with Gasteiger partial charge in [-0.15, -0.1) is 11.3 Å². The molecule has 2 aromatic rings. The Balaban J connectivity index is 0.00000145. The largest absolute Gasteiger partial charge is 0.393 e. The Kier molecular flexibility index (Phi) is 18.4. The van der Waals surface area contributed by atoms with Crippen molar-refractivity contribution in [1.29, 1.82) is 0 Å². The van der Waals surface area contributed by atoms with Crippen molar-refractivity contribution in [3.8, 4) is 10.6 Å². The van der Waals surface area contributed by atoms with Gasteiger partial charge in [0.1, 0.15) is 24.4 Å². The van der Waals surface area contributed by atoms with Crippen LogP contribution in [0.3, 0.4) is 0 Å². The highest BCUT2D eigenvalue weighted by Gasteiger charge is 2.33. The second-order valence-corrected chi connectivity index (χ2v) is 11.7. The molecule has 2 aliphatic rings. The number of hydrogen-bond donors (Lipinski definition) is 3. The van der Waals surface area contributed by atoms with Gasteiger partial charge in [-0.25, -0.2) is 9.97 Å². The lowest BCUT2D eigenvalue weighted by Crippen LogP contribution is -2.22. The Morgan fingerprint density at radius 1 is 1.07 bits per heavy atom. The van der Waals surface area contributed by atoms with E-state index < -0.39 is 0 Å². The maximum Gasteiger partial charge on any atom is 0.225 e. The van der Waals surface area contributed by atoms with Gasteiger partial charge in [0.05, 0.1) is 27.9 Å². The third-order valence-corrected chi connectivity index (χ3v) is 8.64. The zero-order valence-electron chi connectivity index (χ0n) is 27.4. The van der Waals surface area contributed by atoms with E-state index in [2.05, 4.69) is 56.3 Å². The summed E-state index contributed by atoms with van der Waals surface area (Å²) in [7, 11) is 0. The Hall–Kier alpha value is -2.98. The average Bonchev–Trinajstić information content (AvgIpc) is 3.72. The number of aryl methyl sites for hydroxylation is 2. The first-order valence-electron chi connectivity index (χ1n) is 15.8. The van der Waals surface area contributed by atoms with E-state index in [0.717, 1.165) is 77.6 Å². The topological polar surface area (TPSA) is 129 Å². The van der Waals surface area contributed by atoms with Crippen molar-refractivity contribution in [1.82, 2.24) is 15.0 Å². The molecular weight excluding hydrogens is 560 g/mol. The molecule has 9 nitrogen and oxygen atoms in total. The van der Waals surface area contributed by atoms with Crippen LogP contribution in [-0.4, -0.2) is 58.0 Å². The smallest absolute Gasteiger partial charge is 0.225 e. The van der Waals surface area contributed by atoms with Crippen molar-refractivity contribution in [2.45, 2.75) is 124 Å². The molecular formula is C33H54N6O3S. The molecule has 10 heteroatoms. The van der Waals surface area contributed by atoms with Gasteiger partial charge in [0.25, 0.3) is 0 Å². The quantitative estimate of drug-likeness (QED) is 0.197. The minimum absolute atomic E-state index is 0.184. The number of carbonyl (C=O) groups is 2. The number of thiazole rings is 1. The number of nitrogens with zero attached hydrogens (tertiary/aromatic N) is 4. The van der Waals surface area contributed by atoms with E-state index in [0.29, 0.717) is 23.8 Å². The highest BCUT2D eigenvalue weighted by Crippen LogP contribution is 2.39. The van der Waals surface area contributed by atoms with Crippen LogP contribution in [0.15, 0.2) is 11.2 Å². The maximum atomic E-state index is 10.5. The monoisotopic (exact) mass is 614 g/mol. The summed E-state index contributed by atoms with van der Waals surface area (Å²) >= 11 is 1.68. The zero-order valence-corrected chi connectivity index (χ0v) is 28.2. The maximum absolute atomic E-state index is 10.5. The molecule has 0 bridgehead atoms. The second kappa shape index (κ2) is 20.8. The molecule has 0 amide bonds. The first kappa shape index (κ1) is 38.0. The highest BCUT2D eigenvalue weighted by atomic mass is 32.1. The Bertz CT molecular complexity index is 1130. The predicted octanol–water partition coefficient (Wildman–Crippen LogP) is 7.53. The average molecular weight is 615 g/mol. The molecule has 3 N–H and O–H groups in total. The van der Waals surface area contributed by atoms with Gasteiger partial charge in [-0.1, -0.05) is 53.9 Å². The SMILES string of the molecule is C=O.C=O.CC.CCCC=N/C=C\c1sc(-c2c(C)nc(N[C@H](C)C3CC3)nc2NC2CC(CC)[C@@H](O)C2)nc1CCC. The minimum Gasteiger partial charge on any atom is -0.393 e. The van der Waals surface area contributed by atoms with E-state index in [1.807, 2.05) is 39.8 Å². The van der Waals surface area contributed by atoms with E-state index in [1.165, 1.54) is 12.8 Å². The van der Waals surface area contributed by atoms with Gasteiger partial charge in [0.15, 0.2) is 0 Å². The number of aliphatic hydroxyl groups excluding tert-OH is 1. The Morgan fingerprint density at radius 2 is 1.77 bits per heavy atom. The third-order valence-electron chi connectivity index (χ3n) is 7.56. The highest BCUT2D eigenvalue weighted by molar-refractivity contribution is 7.16. The fraction of sp³-hybridized carbons (Fsp3) is 0.636. The van der Waals surface area contributed by atoms with Crippen molar-refractivity contribution < 1.29 is 14.7 Å². The van der Waals surface area contributed by atoms with E-state index >= 15 is 0 Å². The first-order valence-corrected chi connectivity index (χ1v) is 16.6. The summed E-state index contributed by atoms with van der Waals surface area (Å²) in [6, 6.07) is 0.543. The van der Waals surface area contributed by atoms with Crippen LogP contribution in [0.4, 0.5) is 11.8 Å². The van der Waals surface area contributed by atoms with Gasteiger partial charge >= 0.3 is 0 Å². The van der Waals surface area contributed by atoms with E-state index in [-0.39, 0.29) is 12.1 Å². The van der Waals surface area contributed by atoms with Gasteiger partial charge < -0.3 is 25.3 Å². The summed E-state index contributed by atoms with van der Waals surface area (Å²) in [5, 5.41) is 18.7. The van der Waals surface area contributed by atoms with Crippen molar-refractivity contribution >= 4 is 49.0 Å². The fourth-order valence-corrected chi connectivity index (χ4v) is 6.27. The molecule has 0 radical (unpaired) electrons. The third kappa shape index (κ3) is 11.6. The summed E-state index contributed by atoms with van der Waals surface area (Å²) in [6.45, 7) is 18.8. The van der Waals surface area contributed by atoms with E-state index in [4.69, 9.17) is 24.5 Å². The molecule has 0 aromatic carbocycles. The van der Waals surface area contributed by atoms with Crippen molar-refractivity contribution in [3.63, 3.8) is 0 Å². The molecule has 0 spiro atoms. The van der Waals surface area contributed by atoms with Gasteiger partial charge in [-0.2, -0.15) is 4.98 Å². The van der Waals surface area contributed by atoms with Crippen LogP contribution in [0.5, 0.6) is 0 Å². The number of carbonyl (C=O) groups excluding carboxylic acids is 2. The van der Waals surface area contributed by atoms with E-state index in [9.17, 15) is 5.11 Å². The van der Waals surface area contributed by atoms with Crippen molar-refractivity contribution in [3.05, 3.63) is 22.5 Å². The molecule has 240 valence electrons. The molecule has 0 saturated heterocycles. The lowest BCUT2D eigenvalue weighted by molar-refractivity contribution is -0.0987. The molecule has 2 aliphatic carbocycles. The normalized spacial score (nSPS) is 20.0. The number of unbranched alkanes of at least 4 members (excludes halogenated alkanes) is 1. The Morgan fingerprint density at radius 3 is 2.35 bits per heavy atom. The first-order chi connectivity index (χ1) is 20.9. The van der Waals surface area contributed by atoms with E-state index in [1.54, 1.807) is 11.3 Å². The molecule has 2 heterocycles. The van der Waals surface area contributed by atoms with Crippen LogP contribution >= 0.6 is 11.3 Å². The molecule has 0 aliphatic heterocycles. The number of anilines is 2. The van der Waals surface area contributed by atoms with Gasteiger partial charge in [-0.05, 0) is 70.3 Å². The molecule has 4 atom stereocenters. The predicted molar refractivity (Wildman–Crippen MR) is 182 cm³/mol. The van der Waals surface area contributed by atoms with Crippen LogP contribution in [0, 0.1) is 18.8 Å². The lowest BCUT2D eigenvalue weighted by atomic mass is 10.0. The number of hydrogen-bond acceptors (Lipinski definition) is 10. The van der Waals surface area contributed by atoms with Gasteiger partial charge in [0, 0.05) is 24.5 Å². The summed E-state index contributed by atoms with van der Waals surface area (Å²) in [6.07, 6.45) is 14.9. The van der Waals surface area contributed by atoms with Crippen LogP contribution in [0.1, 0.15) is 109 Å². The summed E-state index contributed by atoms with van der Waals surface area (Å²) in [5.74, 6) is 2.53. The van der Waals surface area contributed by atoms with Crippen LogP contribution < -0.4 is 10.6 Å². The van der Waals surface area contributed by atoms with Crippen LogP contribution in [-0.2, 0) is 16.0 Å². The number of rotatable bonds is 13. The van der Waals surface area contributed by atoms with Crippen molar-refractivity contribution in [2.24, 2.45) is 16.8 Å². The lowest BCUT2D eigenvalue weighted by Gasteiger charge is -2.20. The summed E-state index contributed by atoms with van der Waals surface area (Å²) in [5.41, 5.74) is 2.99. The minimum atomic E-state index is -0.262. The number of nitrogens with one attached hydrogen (secondary N) is 2. The second-order valence-electron chi connectivity index (χ2n) is 10.7. The molecule has 2 saturated carbocycles. The Labute approximate surface area is 263 Å². The van der Waals surface area contributed by atoms with Gasteiger partial charge in [-0.3, -0.25) is 4.99 Å². The number of aliphatic imine (C=N–C) groups is 1. The van der Waals surface area contributed by atoms with Crippen LogP contribution in [0.25, 0.3) is 16.6 Å². The molecule has 2 aromatic heterocycles. The molecule has 43 heavy (non-hydrogen) atoms. The number of aliphatic hydroxyl groups is 1. The standard InChI is InChI=1S/C29H44N6OS.C2H6.2CH2O/c1-6-9-14-30-15-13-25-23(10-7-2)34-28(37-25)26-19(5)32-29(31-18(4)21-11-12-21)35-27(26)33-22-16-20(8-3)24(36)17-22;3*1-2/h13-15,18,20-22,24,36H,6-12,16-17H2,1-5H3,(H2,31,32,33,35);1-2H3;2*1H2/b15-13-,30-14?;;;/t18-,20?,22?,24+;;;/m1.../s1. The van der Waals surface area contributed by atoms with Crippen molar-refractivity contribution in [2.75, 3.05) is 10.6 Å². The summed E-state index contributed by atoms with van der Waals surface area (Å²) < 4.78 is 0. The van der Waals surface area contributed by atoms with Gasteiger partial charge in [0.2, 0.25) is 5.95 Å².